The molecule has 1 aliphatic heterocycles. The molecule has 0 unspecified atom stereocenters. The fourth-order valence-corrected chi connectivity index (χ4v) is 1.89. The maximum Gasteiger partial charge on any atom is 0.408 e. The highest BCUT2D eigenvalue weighted by Gasteiger charge is 2.46. The zero-order chi connectivity index (χ0) is 16.1. The second-order valence-electron chi connectivity index (χ2n) is 4.56. The average Bonchev–Trinajstić information content (AvgIpc) is 2.55. The summed E-state index contributed by atoms with van der Waals surface area (Å²) in [5, 5.41) is 4.66. The van der Waals surface area contributed by atoms with Gasteiger partial charge in [-0.3, -0.25) is 4.79 Å². The first-order valence-corrected chi connectivity index (χ1v) is 6.49. The van der Waals surface area contributed by atoms with E-state index in [1.165, 1.54) is 7.11 Å². The van der Waals surface area contributed by atoms with Crippen LogP contribution in [0.3, 0.4) is 0 Å². The van der Waals surface area contributed by atoms with Crippen molar-refractivity contribution in [2.45, 2.75) is 18.7 Å². The molecular formula is C14H16N2O6. The highest BCUT2D eigenvalue weighted by atomic mass is 16.5. The molecule has 0 bridgehead atoms. The van der Waals surface area contributed by atoms with Crippen LogP contribution in [0.5, 0.6) is 5.75 Å². The number of ether oxygens (including phenoxy) is 3. The van der Waals surface area contributed by atoms with Crippen molar-refractivity contribution in [3.05, 3.63) is 29.8 Å². The van der Waals surface area contributed by atoms with Crippen LogP contribution in [0.15, 0.2) is 24.3 Å². The Morgan fingerprint density at radius 1 is 1.23 bits per heavy atom. The molecule has 2 atom stereocenters. The fraction of sp³-hybridized carbons (Fsp3) is 0.357. The number of methoxy groups -OCH3 is 2. The zero-order valence-corrected chi connectivity index (χ0v) is 12.1. The van der Waals surface area contributed by atoms with Crippen molar-refractivity contribution in [3.63, 3.8) is 0 Å². The van der Waals surface area contributed by atoms with Crippen LogP contribution < -0.4 is 15.4 Å². The van der Waals surface area contributed by atoms with Gasteiger partial charge in [-0.15, -0.1) is 0 Å². The number of alkyl carbamates (subject to hydrolysis) is 1. The summed E-state index contributed by atoms with van der Waals surface area (Å²) < 4.78 is 14.5. The van der Waals surface area contributed by atoms with E-state index in [0.29, 0.717) is 5.75 Å². The Hall–Kier alpha value is -2.77. The third-order valence-corrected chi connectivity index (χ3v) is 3.17. The second kappa shape index (κ2) is 6.79. The number of rotatable bonds is 5. The molecule has 118 valence electrons. The van der Waals surface area contributed by atoms with Crippen LogP contribution >= 0.6 is 0 Å². The van der Waals surface area contributed by atoms with Gasteiger partial charge in [0, 0.05) is 0 Å². The molecular weight excluding hydrogens is 292 g/mol. The minimum atomic E-state index is -0.976. The summed E-state index contributed by atoms with van der Waals surface area (Å²) in [4.78, 5) is 34.3. The molecule has 0 aromatic heterocycles. The van der Waals surface area contributed by atoms with E-state index < -0.39 is 30.1 Å². The minimum Gasteiger partial charge on any atom is -0.497 e. The first-order chi connectivity index (χ1) is 10.5. The molecule has 0 spiro atoms. The number of amides is 2. The van der Waals surface area contributed by atoms with E-state index in [1.807, 2.05) is 0 Å². The van der Waals surface area contributed by atoms with Crippen LogP contribution in [0.4, 0.5) is 4.79 Å². The quantitative estimate of drug-likeness (QED) is 0.584. The van der Waals surface area contributed by atoms with Crippen molar-refractivity contribution in [2.75, 3.05) is 14.2 Å². The Bertz CT molecular complexity index is 571. The van der Waals surface area contributed by atoms with Crippen LogP contribution in [0.1, 0.15) is 5.56 Å². The van der Waals surface area contributed by atoms with Gasteiger partial charge in [0.15, 0.2) is 6.04 Å². The zero-order valence-electron chi connectivity index (χ0n) is 12.1. The monoisotopic (exact) mass is 308 g/mol. The van der Waals surface area contributed by atoms with E-state index in [0.717, 1.165) is 5.56 Å². The Balaban J connectivity index is 1.82. The number of benzene rings is 1. The van der Waals surface area contributed by atoms with E-state index in [9.17, 15) is 14.4 Å². The largest absolute Gasteiger partial charge is 0.497 e. The summed E-state index contributed by atoms with van der Waals surface area (Å²) >= 11 is 0. The van der Waals surface area contributed by atoms with E-state index in [2.05, 4.69) is 15.4 Å². The molecule has 1 aromatic carbocycles. The van der Waals surface area contributed by atoms with E-state index in [1.54, 1.807) is 31.4 Å². The van der Waals surface area contributed by atoms with Gasteiger partial charge in [-0.1, -0.05) is 12.1 Å². The van der Waals surface area contributed by atoms with Crippen molar-refractivity contribution in [1.29, 1.82) is 0 Å². The van der Waals surface area contributed by atoms with Crippen LogP contribution in [0.2, 0.25) is 0 Å². The van der Waals surface area contributed by atoms with Crippen LogP contribution in [-0.4, -0.2) is 44.3 Å². The summed E-state index contributed by atoms with van der Waals surface area (Å²) in [7, 11) is 2.76. The standard InChI is InChI=1S/C14H16N2O6/c1-20-9-5-3-8(4-6-9)7-22-14(19)16-10-11(13(18)21-2)15-12(10)17/h3-6,10-11H,7H2,1-2H3,(H,15,17)(H,16,19)/t10-,11-/m0/s1. The lowest BCUT2D eigenvalue weighted by molar-refractivity contribution is -0.152. The molecule has 1 aliphatic rings. The van der Waals surface area contributed by atoms with Gasteiger partial charge in [-0.25, -0.2) is 9.59 Å². The molecule has 0 saturated carbocycles. The average molecular weight is 308 g/mol. The molecule has 1 heterocycles. The van der Waals surface area contributed by atoms with Crippen molar-refractivity contribution < 1.29 is 28.6 Å². The molecule has 2 N–H and O–H groups in total. The van der Waals surface area contributed by atoms with Crippen LogP contribution in [0.25, 0.3) is 0 Å². The molecule has 1 saturated heterocycles. The smallest absolute Gasteiger partial charge is 0.408 e. The Morgan fingerprint density at radius 2 is 1.91 bits per heavy atom. The predicted octanol–water partition coefficient (Wildman–Crippen LogP) is -0.0386. The van der Waals surface area contributed by atoms with Gasteiger partial charge >= 0.3 is 12.1 Å². The normalized spacial score (nSPS) is 19.5. The van der Waals surface area contributed by atoms with Gasteiger partial charge in [0.1, 0.15) is 18.4 Å². The minimum absolute atomic E-state index is 0.0348. The number of esters is 1. The Labute approximate surface area is 126 Å². The SMILES string of the molecule is COC(=O)[C@H]1NC(=O)[C@H]1NC(=O)OCc1ccc(OC)cc1. The molecule has 1 aromatic rings. The number of nitrogens with one attached hydrogen (secondary N) is 2. The predicted molar refractivity (Wildman–Crippen MR) is 74.0 cm³/mol. The molecule has 2 rings (SSSR count). The third-order valence-electron chi connectivity index (χ3n) is 3.17. The van der Waals surface area contributed by atoms with Gasteiger partial charge in [0.25, 0.3) is 0 Å². The lowest BCUT2D eigenvalue weighted by Gasteiger charge is -2.34. The van der Waals surface area contributed by atoms with Crippen molar-refractivity contribution >= 4 is 18.0 Å². The lowest BCUT2D eigenvalue weighted by Crippen LogP contribution is -2.72. The van der Waals surface area contributed by atoms with Crippen LogP contribution in [0, 0.1) is 0 Å². The molecule has 2 amide bonds. The molecule has 1 fully saturated rings. The van der Waals surface area contributed by atoms with E-state index in [4.69, 9.17) is 9.47 Å². The van der Waals surface area contributed by atoms with Gasteiger partial charge in [-0.2, -0.15) is 0 Å². The maximum absolute atomic E-state index is 11.7. The number of β-lactam (4-membered cyclic amide) rings is 1. The Kier molecular flexibility index (Phi) is 4.82. The third kappa shape index (κ3) is 3.46. The summed E-state index contributed by atoms with van der Waals surface area (Å²) in [6.45, 7) is 0.0348. The molecule has 8 nitrogen and oxygen atoms in total. The summed E-state index contributed by atoms with van der Waals surface area (Å²) in [6.07, 6.45) is -0.787. The second-order valence-corrected chi connectivity index (χ2v) is 4.56. The highest BCUT2D eigenvalue weighted by Crippen LogP contribution is 2.12. The van der Waals surface area contributed by atoms with Crippen molar-refractivity contribution in [2.24, 2.45) is 0 Å². The van der Waals surface area contributed by atoms with Gasteiger partial charge in [-0.05, 0) is 17.7 Å². The van der Waals surface area contributed by atoms with Gasteiger partial charge < -0.3 is 24.8 Å². The van der Waals surface area contributed by atoms with Crippen LogP contribution in [-0.2, 0) is 25.7 Å². The van der Waals surface area contributed by atoms with Crippen molar-refractivity contribution in [1.82, 2.24) is 10.6 Å². The molecule has 0 aliphatic carbocycles. The highest BCUT2D eigenvalue weighted by molar-refractivity contribution is 6.01. The fourth-order valence-electron chi connectivity index (χ4n) is 1.89. The maximum atomic E-state index is 11.7. The number of carbonyl (C=O) groups is 3. The van der Waals surface area contributed by atoms with Gasteiger partial charge in [0.05, 0.1) is 14.2 Å². The number of carbonyl (C=O) groups excluding carboxylic acids is 3. The molecule has 22 heavy (non-hydrogen) atoms. The topological polar surface area (TPSA) is 103 Å². The number of hydrogen-bond donors (Lipinski definition) is 2. The molecule has 0 radical (unpaired) electrons. The van der Waals surface area contributed by atoms with E-state index >= 15 is 0 Å². The molecule has 8 heteroatoms. The summed E-state index contributed by atoms with van der Waals surface area (Å²) in [6, 6.07) is 5.12. The first kappa shape index (κ1) is 15.6. The summed E-state index contributed by atoms with van der Waals surface area (Å²) in [5.41, 5.74) is 0.763. The lowest BCUT2D eigenvalue weighted by atomic mass is 9.99. The number of hydrogen-bond acceptors (Lipinski definition) is 6. The van der Waals surface area contributed by atoms with Crippen molar-refractivity contribution in [3.8, 4) is 5.75 Å². The van der Waals surface area contributed by atoms with E-state index in [-0.39, 0.29) is 6.61 Å². The Morgan fingerprint density at radius 3 is 2.45 bits per heavy atom. The van der Waals surface area contributed by atoms with Gasteiger partial charge in [0.2, 0.25) is 5.91 Å². The first-order valence-electron chi connectivity index (χ1n) is 6.49. The summed E-state index contributed by atoms with van der Waals surface area (Å²) in [5.74, 6) is -0.392.